The first-order valence-corrected chi connectivity index (χ1v) is 7.66. The Hall–Kier alpha value is -2.21. The van der Waals surface area contributed by atoms with Gasteiger partial charge in [0.15, 0.2) is 0 Å². The zero-order valence-corrected chi connectivity index (χ0v) is 13.5. The van der Waals surface area contributed by atoms with Crippen molar-refractivity contribution in [3.63, 3.8) is 0 Å². The first kappa shape index (κ1) is 16.6. The molecule has 0 saturated heterocycles. The van der Waals surface area contributed by atoms with Crippen LogP contribution in [0.5, 0.6) is 0 Å². The average Bonchev–Trinajstić information content (AvgIpc) is 2.87. The number of β-amino-alcohol motifs (C(OH)–C–C–N with tert-alkyl or cyclic N) is 1. The summed E-state index contributed by atoms with van der Waals surface area (Å²) in [6.07, 6.45) is -4.32. The highest BCUT2D eigenvalue weighted by Crippen LogP contribution is 2.37. The summed E-state index contributed by atoms with van der Waals surface area (Å²) >= 11 is 0. The number of halogens is 3. The van der Waals surface area contributed by atoms with Crippen LogP contribution < -0.4 is 10.2 Å². The molecular formula is C18H19F3N2O. The molecule has 0 radical (unpaired) electrons. The van der Waals surface area contributed by atoms with E-state index in [2.05, 4.69) is 5.32 Å². The van der Waals surface area contributed by atoms with Crippen LogP contribution in [0, 0.1) is 0 Å². The Morgan fingerprint density at radius 2 is 1.67 bits per heavy atom. The summed E-state index contributed by atoms with van der Waals surface area (Å²) in [6.45, 7) is 4.59. The fourth-order valence-corrected chi connectivity index (χ4v) is 2.86. The van der Waals surface area contributed by atoms with Crippen molar-refractivity contribution < 1.29 is 18.3 Å². The summed E-state index contributed by atoms with van der Waals surface area (Å²) in [6, 6.07) is 10.9. The van der Waals surface area contributed by atoms with Crippen molar-refractivity contribution >= 4 is 11.4 Å². The second-order valence-electron chi connectivity index (χ2n) is 6.65. The number of nitrogens with zero attached hydrogens (tertiary/aromatic N) is 1. The number of hydrogen-bond donors (Lipinski definition) is 2. The van der Waals surface area contributed by atoms with Gasteiger partial charge in [-0.15, -0.1) is 0 Å². The molecule has 0 atom stereocenters. The summed E-state index contributed by atoms with van der Waals surface area (Å²) in [5, 5.41) is 13.2. The molecule has 0 amide bonds. The summed E-state index contributed by atoms with van der Waals surface area (Å²) in [7, 11) is 0. The van der Waals surface area contributed by atoms with Gasteiger partial charge >= 0.3 is 6.18 Å². The molecule has 0 spiro atoms. The van der Waals surface area contributed by atoms with Gasteiger partial charge in [0.1, 0.15) is 0 Å². The monoisotopic (exact) mass is 336 g/mol. The largest absolute Gasteiger partial charge is 0.416 e. The molecule has 1 heterocycles. The molecule has 0 aliphatic carbocycles. The van der Waals surface area contributed by atoms with E-state index in [1.807, 2.05) is 23.1 Å². The number of fused-ring (bicyclic) bond motifs is 1. The standard InChI is InChI=1S/C18H19F3N2O/c1-17(2,24)10-23-11-22-15-9-13(5-8-16(15)23)12-3-6-14(7-4-12)18(19,20)21/h3-9,22,24H,10-11H2,1-2H3. The second kappa shape index (κ2) is 5.70. The normalized spacial score (nSPS) is 14.5. The van der Waals surface area contributed by atoms with E-state index in [0.717, 1.165) is 34.6 Å². The Morgan fingerprint density at radius 1 is 1.04 bits per heavy atom. The number of anilines is 2. The molecule has 2 aromatic rings. The van der Waals surface area contributed by atoms with Gasteiger partial charge in [0.05, 0.1) is 29.2 Å². The predicted octanol–water partition coefficient (Wildman–Crippen LogP) is 4.33. The zero-order valence-electron chi connectivity index (χ0n) is 13.5. The van der Waals surface area contributed by atoms with Crippen LogP contribution in [0.15, 0.2) is 42.5 Å². The van der Waals surface area contributed by atoms with E-state index in [1.165, 1.54) is 12.1 Å². The summed E-state index contributed by atoms with van der Waals surface area (Å²) < 4.78 is 37.9. The van der Waals surface area contributed by atoms with E-state index < -0.39 is 17.3 Å². The van der Waals surface area contributed by atoms with Crippen LogP contribution in [0.4, 0.5) is 24.5 Å². The first-order chi connectivity index (χ1) is 11.1. The van der Waals surface area contributed by atoms with Crippen LogP contribution in [0.1, 0.15) is 19.4 Å². The van der Waals surface area contributed by atoms with Crippen molar-refractivity contribution in [2.75, 3.05) is 23.4 Å². The minimum atomic E-state index is -4.32. The summed E-state index contributed by atoms with van der Waals surface area (Å²) in [5.41, 5.74) is 2.01. The SMILES string of the molecule is CC(C)(O)CN1CNc2cc(-c3ccc(C(F)(F)F)cc3)ccc21. The lowest BCUT2D eigenvalue weighted by molar-refractivity contribution is -0.137. The molecule has 2 aromatic carbocycles. The molecule has 1 aliphatic rings. The fraction of sp³-hybridized carbons (Fsp3) is 0.333. The Kier molecular flexibility index (Phi) is 3.95. The maximum atomic E-state index is 12.6. The Balaban J connectivity index is 1.85. The molecular weight excluding hydrogens is 317 g/mol. The van der Waals surface area contributed by atoms with E-state index in [1.54, 1.807) is 13.8 Å². The molecule has 128 valence electrons. The van der Waals surface area contributed by atoms with Gasteiger partial charge in [0, 0.05) is 6.54 Å². The van der Waals surface area contributed by atoms with Gasteiger partial charge in [0.2, 0.25) is 0 Å². The van der Waals surface area contributed by atoms with Gasteiger partial charge in [-0.25, -0.2) is 0 Å². The van der Waals surface area contributed by atoms with Crippen molar-refractivity contribution in [1.82, 2.24) is 0 Å². The topological polar surface area (TPSA) is 35.5 Å². The molecule has 0 bridgehead atoms. The Bertz CT molecular complexity index is 733. The van der Waals surface area contributed by atoms with E-state index in [4.69, 9.17) is 0 Å². The first-order valence-electron chi connectivity index (χ1n) is 7.66. The number of hydrogen-bond acceptors (Lipinski definition) is 3. The van der Waals surface area contributed by atoms with Crippen LogP contribution in [-0.2, 0) is 6.18 Å². The van der Waals surface area contributed by atoms with Gasteiger partial charge in [-0.05, 0) is 49.2 Å². The van der Waals surface area contributed by atoms with Crippen molar-refractivity contribution in [2.45, 2.75) is 25.6 Å². The van der Waals surface area contributed by atoms with E-state index >= 15 is 0 Å². The molecule has 1 aliphatic heterocycles. The number of rotatable bonds is 3. The molecule has 3 rings (SSSR count). The molecule has 0 saturated carbocycles. The van der Waals surface area contributed by atoms with Crippen LogP contribution in [-0.4, -0.2) is 23.9 Å². The number of benzene rings is 2. The third kappa shape index (κ3) is 3.48. The van der Waals surface area contributed by atoms with Gasteiger partial charge in [-0.2, -0.15) is 13.2 Å². The lowest BCUT2D eigenvalue weighted by Gasteiger charge is -2.26. The third-order valence-electron chi connectivity index (χ3n) is 3.92. The second-order valence-corrected chi connectivity index (χ2v) is 6.65. The maximum absolute atomic E-state index is 12.6. The van der Waals surface area contributed by atoms with E-state index in [0.29, 0.717) is 13.2 Å². The van der Waals surface area contributed by atoms with E-state index in [-0.39, 0.29) is 0 Å². The number of nitrogens with one attached hydrogen (secondary N) is 1. The van der Waals surface area contributed by atoms with Crippen molar-refractivity contribution in [1.29, 1.82) is 0 Å². The molecule has 0 unspecified atom stereocenters. The predicted molar refractivity (Wildman–Crippen MR) is 89.0 cm³/mol. The molecule has 0 fully saturated rings. The van der Waals surface area contributed by atoms with Gasteiger partial charge in [-0.3, -0.25) is 0 Å². The molecule has 0 aromatic heterocycles. The molecule has 6 heteroatoms. The molecule has 2 N–H and O–H groups in total. The fourth-order valence-electron chi connectivity index (χ4n) is 2.86. The van der Waals surface area contributed by atoms with E-state index in [9.17, 15) is 18.3 Å². The molecule has 24 heavy (non-hydrogen) atoms. The van der Waals surface area contributed by atoms with Crippen LogP contribution in [0.25, 0.3) is 11.1 Å². The van der Waals surface area contributed by atoms with Crippen molar-refractivity contribution in [3.05, 3.63) is 48.0 Å². The van der Waals surface area contributed by atoms with Crippen LogP contribution >= 0.6 is 0 Å². The maximum Gasteiger partial charge on any atom is 0.416 e. The minimum absolute atomic E-state index is 0.493. The zero-order chi connectivity index (χ0) is 17.5. The smallest absolute Gasteiger partial charge is 0.389 e. The number of alkyl halides is 3. The third-order valence-corrected chi connectivity index (χ3v) is 3.92. The lowest BCUT2D eigenvalue weighted by Crippen LogP contribution is -2.38. The minimum Gasteiger partial charge on any atom is -0.389 e. The van der Waals surface area contributed by atoms with Crippen molar-refractivity contribution in [3.8, 4) is 11.1 Å². The Labute approximate surface area is 138 Å². The highest BCUT2D eigenvalue weighted by molar-refractivity contribution is 5.81. The average molecular weight is 336 g/mol. The van der Waals surface area contributed by atoms with Gasteiger partial charge < -0.3 is 15.3 Å². The summed E-state index contributed by atoms with van der Waals surface area (Å²) in [5.74, 6) is 0. The Morgan fingerprint density at radius 3 is 2.25 bits per heavy atom. The van der Waals surface area contributed by atoms with Crippen LogP contribution in [0.3, 0.4) is 0 Å². The van der Waals surface area contributed by atoms with Gasteiger partial charge in [0.25, 0.3) is 0 Å². The van der Waals surface area contributed by atoms with Crippen LogP contribution in [0.2, 0.25) is 0 Å². The number of aliphatic hydroxyl groups is 1. The van der Waals surface area contributed by atoms with Crippen molar-refractivity contribution in [2.24, 2.45) is 0 Å². The van der Waals surface area contributed by atoms with Gasteiger partial charge in [-0.1, -0.05) is 18.2 Å². The molecule has 3 nitrogen and oxygen atoms in total. The highest BCUT2D eigenvalue weighted by atomic mass is 19.4. The quantitative estimate of drug-likeness (QED) is 0.876. The summed E-state index contributed by atoms with van der Waals surface area (Å²) in [4.78, 5) is 2.03. The lowest BCUT2D eigenvalue weighted by atomic mass is 10.0. The highest BCUT2D eigenvalue weighted by Gasteiger charge is 2.30.